The molecule has 1 amide bonds. The fraction of sp³-hybridized carbons (Fsp3) is 0.243. The maximum atomic E-state index is 12.2. The van der Waals surface area contributed by atoms with Crippen LogP contribution in [0.25, 0.3) is 33.0 Å². The van der Waals surface area contributed by atoms with Gasteiger partial charge in [0.15, 0.2) is 0 Å². The van der Waals surface area contributed by atoms with Crippen molar-refractivity contribution in [2.45, 2.75) is 44.9 Å². The number of hydrogen-bond donors (Lipinski definition) is 0. The average molecular weight is 581 g/mol. The zero-order chi connectivity index (χ0) is 28.9. The summed E-state index contributed by atoms with van der Waals surface area (Å²) in [6, 6.07) is 21.7. The molecule has 2 aromatic heterocycles. The molecule has 0 saturated carbocycles. The van der Waals surface area contributed by atoms with Crippen LogP contribution in [0, 0.1) is 0 Å². The van der Waals surface area contributed by atoms with Crippen LogP contribution in [-0.2, 0) is 30.5 Å². The van der Waals surface area contributed by atoms with E-state index in [-0.39, 0.29) is 5.91 Å². The van der Waals surface area contributed by atoms with E-state index in [2.05, 4.69) is 63.4 Å². The van der Waals surface area contributed by atoms with Gasteiger partial charge in [-0.3, -0.25) is 14.8 Å². The number of carbonyl (C=O) groups is 1. The number of amides is 1. The van der Waals surface area contributed by atoms with Gasteiger partial charge in [-0.25, -0.2) is 0 Å². The third-order valence-electron chi connectivity index (χ3n) is 9.30. The Morgan fingerprint density at radius 1 is 0.628 bits per heavy atom. The molecule has 3 aromatic carbocycles. The van der Waals surface area contributed by atoms with E-state index in [9.17, 15) is 4.79 Å². The maximum absolute atomic E-state index is 12.2. The van der Waals surface area contributed by atoms with Crippen molar-refractivity contribution in [2.75, 3.05) is 22.9 Å². The van der Waals surface area contributed by atoms with Crippen molar-refractivity contribution in [3.8, 4) is 22.3 Å². The Kier molecular flexibility index (Phi) is 6.52. The van der Waals surface area contributed by atoms with Gasteiger partial charge in [-0.15, -0.1) is 0 Å². The molecule has 0 unspecified atom stereocenters. The van der Waals surface area contributed by atoms with Crippen LogP contribution >= 0.6 is 12.2 Å². The summed E-state index contributed by atoms with van der Waals surface area (Å²) in [5.41, 5.74) is 13.0. The van der Waals surface area contributed by atoms with E-state index in [1.807, 2.05) is 41.8 Å². The number of hydrogen-bond acceptors (Lipinski definition) is 4. The van der Waals surface area contributed by atoms with Crippen LogP contribution in [0.15, 0.2) is 85.5 Å². The van der Waals surface area contributed by atoms with Crippen molar-refractivity contribution < 1.29 is 4.79 Å². The van der Waals surface area contributed by atoms with Gasteiger partial charge < -0.3 is 9.80 Å². The molecule has 43 heavy (non-hydrogen) atoms. The van der Waals surface area contributed by atoms with Gasteiger partial charge in [0.2, 0.25) is 5.91 Å². The van der Waals surface area contributed by atoms with E-state index in [4.69, 9.17) is 12.2 Å². The van der Waals surface area contributed by atoms with Crippen LogP contribution in [0.2, 0.25) is 0 Å². The molecule has 0 bridgehead atoms. The summed E-state index contributed by atoms with van der Waals surface area (Å²) in [5.74, 6) is 0.281. The Balaban J connectivity index is 0.000000133. The summed E-state index contributed by atoms with van der Waals surface area (Å²) in [6.45, 7) is 1.92. The molecular formula is C37H32N4OS. The lowest BCUT2D eigenvalue weighted by Crippen LogP contribution is -2.39. The number of carbonyl (C=O) groups excluding carboxylic acids is 1. The lowest BCUT2D eigenvalue weighted by Gasteiger charge is -2.35. The van der Waals surface area contributed by atoms with E-state index in [0.29, 0.717) is 6.42 Å². The van der Waals surface area contributed by atoms with Gasteiger partial charge >= 0.3 is 0 Å². The summed E-state index contributed by atoms with van der Waals surface area (Å²) in [5, 5.41) is 2.40. The Morgan fingerprint density at radius 3 is 2.21 bits per heavy atom. The molecule has 6 heteroatoms. The minimum Gasteiger partial charge on any atom is -0.335 e. The Hall–Kier alpha value is -4.42. The molecule has 4 aliphatic heterocycles. The van der Waals surface area contributed by atoms with Gasteiger partial charge in [0, 0.05) is 72.9 Å². The van der Waals surface area contributed by atoms with Crippen molar-refractivity contribution in [3.05, 3.63) is 108 Å². The molecule has 0 atom stereocenters. The van der Waals surface area contributed by atoms with Gasteiger partial charge in [0.25, 0.3) is 0 Å². The van der Waals surface area contributed by atoms with Crippen LogP contribution in [0.5, 0.6) is 0 Å². The average Bonchev–Trinajstić information content (AvgIpc) is 3.50. The molecule has 4 aliphatic rings. The van der Waals surface area contributed by atoms with Crippen LogP contribution < -0.4 is 9.80 Å². The molecular weight excluding hydrogens is 549 g/mol. The normalized spacial score (nSPS) is 16.5. The van der Waals surface area contributed by atoms with Gasteiger partial charge in [-0.1, -0.05) is 42.5 Å². The predicted octanol–water partition coefficient (Wildman–Crippen LogP) is 7.51. The lowest BCUT2D eigenvalue weighted by atomic mass is 9.87. The van der Waals surface area contributed by atoms with Crippen molar-refractivity contribution in [3.63, 3.8) is 0 Å². The highest BCUT2D eigenvalue weighted by Crippen LogP contribution is 2.41. The molecule has 0 N–H and O–H groups in total. The first-order valence-electron chi connectivity index (χ1n) is 15.3. The Morgan fingerprint density at radius 2 is 1.37 bits per heavy atom. The number of aryl methyl sites for hydroxylation is 3. The van der Waals surface area contributed by atoms with Gasteiger partial charge in [-0.05, 0) is 101 Å². The first-order chi connectivity index (χ1) is 21.1. The number of pyridine rings is 2. The van der Waals surface area contributed by atoms with Crippen molar-refractivity contribution in [1.29, 1.82) is 0 Å². The van der Waals surface area contributed by atoms with Crippen molar-refractivity contribution in [1.82, 2.24) is 9.97 Å². The summed E-state index contributed by atoms with van der Waals surface area (Å²) >= 11 is 5.48. The fourth-order valence-corrected chi connectivity index (χ4v) is 7.60. The van der Waals surface area contributed by atoms with Crippen LogP contribution in [0.3, 0.4) is 0 Å². The first kappa shape index (κ1) is 26.2. The fourth-order valence-electron chi connectivity index (χ4n) is 7.31. The maximum Gasteiger partial charge on any atom is 0.227 e. The third-order valence-corrected chi connectivity index (χ3v) is 9.73. The molecule has 0 saturated heterocycles. The standard InChI is InChI=1S/C21H18N2O.C16H14N2S/c24-20-8-7-15-11-17(10-14-5-3-9-23(20)21(14)15)19-13-22-12-16-4-1-2-6-18(16)19;19-15-4-3-11-8-14(13-2-1-6-17-10-13)9-12-5-7-18(15)16(11)12/h1-2,4,6,10-13H,3,5,7-9H2;1-2,6,8-10H,3-5,7H2. The summed E-state index contributed by atoms with van der Waals surface area (Å²) in [7, 11) is 0. The minimum atomic E-state index is 0.281. The van der Waals surface area contributed by atoms with Gasteiger partial charge in [0.1, 0.15) is 0 Å². The highest BCUT2D eigenvalue weighted by Gasteiger charge is 2.31. The second-order valence-electron chi connectivity index (χ2n) is 11.9. The largest absolute Gasteiger partial charge is 0.335 e. The highest BCUT2D eigenvalue weighted by molar-refractivity contribution is 7.80. The van der Waals surface area contributed by atoms with Gasteiger partial charge in [0.05, 0.1) is 10.7 Å². The number of aromatic nitrogens is 2. The zero-order valence-electron chi connectivity index (χ0n) is 24.1. The number of nitrogens with zero attached hydrogens (tertiary/aromatic N) is 4. The molecule has 0 fully saturated rings. The number of rotatable bonds is 2. The number of anilines is 2. The van der Waals surface area contributed by atoms with E-state index in [1.54, 1.807) is 0 Å². The first-order valence-corrected chi connectivity index (χ1v) is 15.7. The number of thiocarbonyl (C=S) groups is 1. The topological polar surface area (TPSA) is 49.3 Å². The number of fused-ring (bicyclic) bond motifs is 1. The monoisotopic (exact) mass is 580 g/mol. The zero-order valence-corrected chi connectivity index (χ0v) is 24.9. The molecule has 0 radical (unpaired) electrons. The number of benzene rings is 3. The Labute approximate surface area is 257 Å². The highest BCUT2D eigenvalue weighted by atomic mass is 32.1. The molecule has 0 spiro atoms. The summed E-state index contributed by atoms with van der Waals surface area (Å²) in [6.07, 6.45) is 14.4. The molecule has 212 valence electrons. The van der Waals surface area contributed by atoms with Gasteiger partial charge in [-0.2, -0.15) is 0 Å². The van der Waals surface area contributed by atoms with Crippen molar-refractivity contribution >= 4 is 45.3 Å². The predicted molar refractivity (Wildman–Crippen MR) is 178 cm³/mol. The van der Waals surface area contributed by atoms with E-state index >= 15 is 0 Å². The second kappa shape index (κ2) is 10.7. The quantitative estimate of drug-likeness (QED) is 0.202. The summed E-state index contributed by atoms with van der Waals surface area (Å²) < 4.78 is 0. The smallest absolute Gasteiger partial charge is 0.227 e. The SMILES string of the molecule is O=C1CCc2cc(-c3cncc4ccccc34)cc3c2N1CCC3.S=C1CCc2cc(-c3cccnc3)cc3c2N1CC3. The van der Waals surface area contributed by atoms with Crippen LogP contribution in [-0.4, -0.2) is 34.0 Å². The van der Waals surface area contributed by atoms with Crippen LogP contribution in [0.4, 0.5) is 11.4 Å². The van der Waals surface area contributed by atoms with Crippen LogP contribution in [0.1, 0.15) is 41.5 Å². The lowest BCUT2D eigenvalue weighted by molar-refractivity contribution is -0.119. The second-order valence-corrected chi connectivity index (χ2v) is 12.4. The molecule has 6 heterocycles. The molecule has 9 rings (SSSR count). The molecule has 0 aliphatic carbocycles. The molecule has 5 nitrogen and oxygen atoms in total. The summed E-state index contributed by atoms with van der Waals surface area (Å²) in [4.78, 5) is 26.3. The van der Waals surface area contributed by atoms with E-state index in [0.717, 1.165) is 62.0 Å². The van der Waals surface area contributed by atoms with Crippen molar-refractivity contribution in [2.24, 2.45) is 0 Å². The van der Waals surface area contributed by atoms with E-state index < -0.39 is 0 Å². The Bertz CT molecular complexity index is 1900. The van der Waals surface area contributed by atoms with E-state index in [1.165, 1.54) is 61.3 Å². The molecule has 5 aromatic rings. The minimum absolute atomic E-state index is 0.281. The third kappa shape index (κ3) is 4.61.